The number of fused-ring (bicyclic) bond motifs is 1. The van der Waals surface area contributed by atoms with Crippen LogP contribution in [0, 0.1) is 0 Å². The van der Waals surface area contributed by atoms with Crippen molar-refractivity contribution in [1.82, 2.24) is 10.3 Å². The summed E-state index contributed by atoms with van der Waals surface area (Å²) in [7, 11) is 0. The van der Waals surface area contributed by atoms with Crippen LogP contribution in [0.15, 0.2) is 65.8 Å². The third kappa shape index (κ3) is 2.98. The topological polar surface area (TPSA) is 83.3 Å². The van der Waals surface area contributed by atoms with Crippen LogP contribution in [-0.4, -0.2) is 16.9 Å². The highest BCUT2D eigenvalue weighted by molar-refractivity contribution is 6.12. The molecule has 3 aromatic rings. The average molecular weight is 292 g/mol. The zero-order valence-electron chi connectivity index (χ0n) is 11.9. The van der Waals surface area contributed by atoms with Gasteiger partial charge in [0.15, 0.2) is 5.96 Å². The van der Waals surface area contributed by atoms with Crippen molar-refractivity contribution in [3.63, 3.8) is 0 Å². The lowest BCUT2D eigenvalue weighted by atomic mass is 10.1. The van der Waals surface area contributed by atoms with E-state index in [9.17, 15) is 4.79 Å². The number of aromatic nitrogens is 1. The molecule has 5 heteroatoms. The van der Waals surface area contributed by atoms with Gasteiger partial charge >= 0.3 is 0 Å². The fourth-order valence-corrected chi connectivity index (χ4v) is 2.24. The molecule has 0 saturated heterocycles. The van der Waals surface area contributed by atoms with Crippen LogP contribution in [0.25, 0.3) is 10.9 Å². The first-order valence-electron chi connectivity index (χ1n) is 6.95. The third-order valence-electron chi connectivity index (χ3n) is 3.35. The molecule has 0 unspecified atom stereocenters. The number of carbonyl (C=O) groups is 1. The summed E-state index contributed by atoms with van der Waals surface area (Å²) < 4.78 is 0. The largest absolute Gasteiger partial charge is 0.370 e. The van der Waals surface area contributed by atoms with Gasteiger partial charge in [0.2, 0.25) is 0 Å². The predicted octanol–water partition coefficient (Wildman–Crippen LogP) is 2.41. The first-order valence-corrected chi connectivity index (χ1v) is 6.95. The molecule has 5 nitrogen and oxygen atoms in total. The zero-order chi connectivity index (χ0) is 15.4. The molecule has 1 heterocycles. The number of aliphatic imine (C=N–C) groups is 1. The van der Waals surface area contributed by atoms with E-state index in [0.717, 1.165) is 16.5 Å². The van der Waals surface area contributed by atoms with Crippen LogP contribution < -0.4 is 11.1 Å². The molecule has 4 N–H and O–H groups in total. The first kappa shape index (κ1) is 13.9. The van der Waals surface area contributed by atoms with E-state index in [0.29, 0.717) is 12.1 Å². The number of benzene rings is 2. The molecule has 0 radical (unpaired) electrons. The van der Waals surface area contributed by atoms with E-state index in [1.54, 1.807) is 6.20 Å². The molecule has 0 aliphatic rings. The smallest absolute Gasteiger partial charge is 0.260 e. The SMILES string of the molecule is NC(=NCc1ccccc1)NC(=O)c1c[nH]c2ccccc12. The van der Waals surface area contributed by atoms with E-state index in [1.807, 2.05) is 54.6 Å². The zero-order valence-corrected chi connectivity index (χ0v) is 11.9. The second-order valence-electron chi connectivity index (χ2n) is 4.89. The minimum atomic E-state index is -0.272. The van der Waals surface area contributed by atoms with Crippen molar-refractivity contribution < 1.29 is 4.79 Å². The molecule has 0 fully saturated rings. The van der Waals surface area contributed by atoms with Gasteiger partial charge in [-0.15, -0.1) is 0 Å². The van der Waals surface area contributed by atoms with Crippen LogP contribution in [0.5, 0.6) is 0 Å². The first-order chi connectivity index (χ1) is 10.7. The maximum absolute atomic E-state index is 12.2. The van der Waals surface area contributed by atoms with Gasteiger partial charge in [-0.1, -0.05) is 48.5 Å². The van der Waals surface area contributed by atoms with Gasteiger partial charge in [0.05, 0.1) is 12.1 Å². The number of carbonyl (C=O) groups excluding carboxylic acids is 1. The Labute approximate surface area is 127 Å². The third-order valence-corrected chi connectivity index (χ3v) is 3.35. The van der Waals surface area contributed by atoms with Gasteiger partial charge in [0.1, 0.15) is 0 Å². The van der Waals surface area contributed by atoms with Gasteiger partial charge in [-0.05, 0) is 11.6 Å². The van der Waals surface area contributed by atoms with Crippen LogP contribution in [0.3, 0.4) is 0 Å². The summed E-state index contributed by atoms with van der Waals surface area (Å²) in [5.41, 5.74) is 8.27. The summed E-state index contributed by atoms with van der Waals surface area (Å²) in [4.78, 5) is 19.5. The molecular formula is C17H16N4O. The van der Waals surface area contributed by atoms with Crippen molar-refractivity contribution in [2.75, 3.05) is 0 Å². The maximum Gasteiger partial charge on any atom is 0.260 e. The number of aromatic amines is 1. The summed E-state index contributed by atoms with van der Waals surface area (Å²) >= 11 is 0. The highest BCUT2D eigenvalue weighted by atomic mass is 16.1. The van der Waals surface area contributed by atoms with E-state index in [-0.39, 0.29) is 11.9 Å². The lowest BCUT2D eigenvalue weighted by Gasteiger charge is -2.04. The number of hydrogen-bond acceptors (Lipinski definition) is 2. The molecule has 0 bridgehead atoms. The number of nitrogens with one attached hydrogen (secondary N) is 2. The second-order valence-corrected chi connectivity index (χ2v) is 4.89. The van der Waals surface area contributed by atoms with Gasteiger partial charge < -0.3 is 10.7 Å². The van der Waals surface area contributed by atoms with Gasteiger partial charge in [0.25, 0.3) is 5.91 Å². The van der Waals surface area contributed by atoms with Crippen molar-refractivity contribution in [3.8, 4) is 0 Å². The molecule has 0 saturated carbocycles. The van der Waals surface area contributed by atoms with Crippen LogP contribution >= 0.6 is 0 Å². The molecule has 110 valence electrons. The molecule has 0 aliphatic heterocycles. The second kappa shape index (κ2) is 6.13. The fourth-order valence-electron chi connectivity index (χ4n) is 2.24. The Morgan fingerprint density at radius 2 is 1.82 bits per heavy atom. The number of guanidine groups is 1. The van der Waals surface area contributed by atoms with Crippen LogP contribution in [-0.2, 0) is 6.54 Å². The monoisotopic (exact) mass is 292 g/mol. The van der Waals surface area contributed by atoms with Crippen LogP contribution in [0.4, 0.5) is 0 Å². The summed E-state index contributed by atoms with van der Waals surface area (Å²) in [6, 6.07) is 17.3. The lowest BCUT2D eigenvalue weighted by molar-refractivity contribution is 0.0978. The maximum atomic E-state index is 12.2. The summed E-state index contributed by atoms with van der Waals surface area (Å²) in [5.74, 6) is -0.161. The predicted molar refractivity (Wildman–Crippen MR) is 87.5 cm³/mol. The van der Waals surface area contributed by atoms with Gasteiger partial charge in [-0.3, -0.25) is 10.1 Å². The average Bonchev–Trinajstić information content (AvgIpc) is 2.98. The normalized spacial score (nSPS) is 11.5. The minimum Gasteiger partial charge on any atom is -0.370 e. The van der Waals surface area contributed by atoms with E-state index in [2.05, 4.69) is 15.3 Å². The molecule has 3 rings (SSSR count). The Balaban J connectivity index is 1.71. The molecule has 2 aromatic carbocycles. The summed E-state index contributed by atoms with van der Waals surface area (Å²) in [6.45, 7) is 0.431. The molecule has 0 spiro atoms. The summed E-state index contributed by atoms with van der Waals surface area (Å²) in [5, 5.41) is 3.47. The van der Waals surface area contributed by atoms with E-state index in [4.69, 9.17) is 5.73 Å². The standard InChI is InChI=1S/C17H16N4O/c18-17(20-10-12-6-2-1-3-7-12)21-16(22)14-11-19-15-9-5-4-8-13(14)15/h1-9,11,19H,10H2,(H3,18,20,21,22). The van der Waals surface area contributed by atoms with E-state index < -0.39 is 0 Å². The van der Waals surface area contributed by atoms with Crippen molar-refractivity contribution in [3.05, 3.63) is 71.9 Å². The molecule has 1 amide bonds. The molecule has 1 aromatic heterocycles. The van der Waals surface area contributed by atoms with Crippen LogP contribution in [0.1, 0.15) is 15.9 Å². The molecule has 0 aliphatic carbocycles. The van der Waals surface area contributed by atoms with Crippen LogP contribution in [0.2, 0.25) is 0 Å². The number of amides is 1. The van der Waals surface area contributed by atoms with Gasteiger partial charge in [-0.2, -0.15) is 0 Å². The minimum absolute atomic E-state index is 0.110. The number of para-hydroxylation sites is 1. The van der Waals surface area contributed by atoms with Crippen molar-refractivity contribution in [2.45, 2.75) is 6.54 Å². The molecular weight excluding hydrogens is 276 g/mol. The lowest BCUT2D eigenvalue weighted by Crippen LogP contribution is -2.36. The molecule has 22 heavy (non-hydrogen) atoms. The van der Waals surface area contributed by atoms with E-state index >= 15 is 0 Å². The van der Waals surface area contributed by atoms with Crippen molar-refractivity contribution in [1.29, 1.82) is 0 Å². The fraction of sp³-hybridized carbons (Fsp3) is 0.0588. The Morgan fingerprint density at radius 3 is 2.64 bits per heavy atom. The quantitative estimate of drug-likeness (QED) is 0.511. The number of rotatable bonds is 3. The van der Waals surface area contributed by atoms with E-state index in [1.165, 1.54) is 0 Å². The van der Waals surface area contributed by atoms with Crippen molar-refractivity contribution >= 4 is 22.8 Å². The van der Waals surface area contributed by atoms with Crippen molar-refractivity contribution in [2.24, 2.45) is 10.7 Å². The Hall–Kier alpha value is -3.08. The highest BCUT2D eigenvalue weighted by Crippen LogP contribution is 2.17. The Morgan fingerprint density at radius 1 is 1.09 bits per heavy atom. The van der Waals surface area contributed by atoms with Gasteiger partial charge in [-0.25, -0.2) is 4.99 Å². The number of nitrogens with two attached hydrogens (primary N) is 1. The summed E-state index contributed by atoms with van der Waals surface area (Å²) in [6.07, 6.45) is 1.67. The Bertz CT molecular complexity index is 821. The number of H-pyrrole nitrogens is 1. The highest BCUT2D eigenvalue weighted by Gasteiger charge is 2.12. The van der Waals surface area contributed by atoms with Gasteiger partial charge in [0, 0.05) is 17.1 Å². The number of hydrogen-bond donors (Lipinski definition) is 3. The Kier molecular flexibility index (Phi) is 3.87. The molecule has 0 atom stereocenters. The number of nitrogens with zero attached hydrogens (tertiary/aromatic N) is 1.